The van der Waals surface area contributed by atoms with Gasteiger partial charge in [-0.1, -0.05) is 24.3 Å². The van der Waals surface area contributed by atoms with Crippen molar-refractivity contribution in [1.29, 1.82) is 0 Å². The Morgan fingerprint density at radius 2 is 2.19 bits per heavy atom. The summed E-state index contributed by atoms with van der Waals surface area (Å²) in [6, 6.07) is 13.4. The lowest BCUT2D eigenvalue weighted by Crippen LogP contribution is -2.28. The van der Waals surface area contributed by atoms with Gasteiger partial charge in [0.2, 0.25) is 0 Å². The Morgan fingerprint density at radius 3 is 3.08 bits per heavy atom. The van der Waals surface area contributed by atoms with E-state index < -0.39 is 0 Å². The molecule has 1 N–H and O–H groups in total. The number of rotatable bonds is 6. The van der Waals surface area contributed by atoms with Crippen LogP contribution in [0.5, 0.6) is 5.75 Å². The van der Waals surface area contributed by atoms with Crippen LogP contribution in [0.3, 0.4) is 0 Å². The molecule has 0 saturated heterocycles. The van der Waals surface area contributed by atoms with Gasteiger partial charge in [0, 0.05) is 24.5 Å². The van der Waals surface area contributed by atoms with E-state index in [9.17, 15) is 0 Å². The van der Waals surface area contributed by atoms with Crippen molar-refractivity contribution < 1.29 is 4.74 Å². The van der Waals surface area contributed by atoms with Crippen LogP contribution in [0, 0.1) is 0 Å². The molecular weight excluding hydrogens is 340 g/mol. The Balaban J connectivity index is 1.38. The van der Waals surface area contributed by atoms with Crippen molar-refractivity contribution in [2.75, 3.05) is 32.0 Å². The molecule has 2 aromatic carbocycles. The number of fused-ring (bicyclic) bond motifs is 2. The third-order valence-electron chi connectivity index (χ3n) is 5.70. The maximum absolute atomic E-state index is 5.59. The van der Waals surface area contributed by atoms with Crippen LogP contribution in [-0.2, 0) is 18.6 Å². The summed E-state index contributed by atoms with van der Waals surface area (Å²) in [5, 5.41) is 0. The topological polar surface area (TPSA) is 24.5 Å². The van der Waals surface area contributed by atoms with Crippen LogP contribution in [0.1, 0.15) is 41.0 Å². The molecule has 1 aliphatic heterocycles. The van der Waals surface area contributed by atoms with Crippen LogP contribution in [-0.4, -0.2) is 32.1 Å². The van der Waals surface area contributed by atoms with Gasteiger partial charge in [0.15, 0.2) is 0 Å². The molecule has 3 nitrogen and oxygen atoms in total. The van der Waals surface area contributed by atoms with Gasteiger partial charge in [-0.2, -0.15) is 0 Å². The standard InChI is InChI=1S/C22H28N2OS/c1-24(12-11-16-9-10-21-18(13-16)15-26-23-21)14-17-5-3-7-20-19(17)6-4-8-22(20)25-2/h4,6,8-10,13,17,23H,3,5,7,11-12,14-15H2,1-2H3. The van der Waals surface area contributed by atoms with E-state index in [1.54, 1.807) is 19.1 Å². The second kappa shape index (κ2) is 7.93. The van der Waals surface area contributed by atoms with Gasteiger partial charge in [0.1, 0.15) is 5.75 Å². The second-order valence-electron chi connectivity index (χ2n) is 7.51. The summed E-state index contributed by atoms with van der Waals surface area (Å²) in [4.78, 5) is 2.50. The average molecular weight is 369 g/mol. The summed E-state index contributed by atoms with van der Waals surface area (Å²) >= 11 is 1.79. The summed E-state index contributed by atoms with van der Waals surface area (Å²) in [7, 11) is 4.05. The van der Waals surface area contributed by atoms with E-state index >= 15 is 0 Å². The van der Waals surface area contributed by atoms with Crippen LogP contribution in [0.2, 0.25) is 0 Å². The normalized spacial score (nSPS) is 18.3. The third kappa shape index (κ3) is 3.72. The number of methoxy groups -OCH3 is 1. The van der Waals surface area contributed by atoms with Crippen molar-refractivity contribution in [1.82, 2.24) is 4.90 Å². The molecule has 0 spiro atoms. The minimum Gasteiger partial charge on any atom is -0.496 e. The highest BCUT2D eigenvalue weighted by Gasteiger charge is 2.23. The van der Waals surface area contributed by atoms with Gasteiger partial charge >= 0.3 is 0 Å². The smallest absolute Gasteiger partial charge is 0.122 e. The zero-order valence-corrected chi connectivity index (χ0v) is 16.6. The molecule has 4 rings (SSSR count). The Hall–Kier alpha value is -1.65. The van der Waals surface area contributed by atoms with E-state index in [0.717, 1.165) is 37.4 Å². The lowest BCUT2D eigenvalue weighted by Gasteiger charge is -2.30. The van der Waals surface area contributed by atoms with Gasteiger partial charge in [-0.05, 0) is 85.0 Å². The zero-order chi connectivity index (χ0) is 17.9. The highest BCUT2D eigenvalue weighted by atomic mass is 32.2. The summed E-state index contributed by atoms with van der Waals surface area (Å²) < 4.78 is 8.95. The molecule has 4 heteroatoms. The largest absolute Gasteiger partial charge is 0.496 e. The fourth-order valence-corrected chi connectivity index (χ4v) is 5.12. The van der Waals surface area contributed by atoms with E-state index in [-0.39, 0.29) is 0 Å². The van der Waals surface area contributed by atoms with Gasteiger partial charge in [0.25, 0.3) is 0 Å². The van der Waals surface area contributed by atoms with Gasteiger partial charge in [-0.25, -0.2) is 0 Å². The molecule has 0 saturated carbocycles. The molecule has 2 aromatic rings. The molecular formula is C22H28N2OS. The number of nitrogens with zero attached hydrogens (tertiary/aromatic N) is 1. The number of nitrogens with one attached hydrogen (secondary N) is 1. The molecule has 26 heavy (non-hydrogen) atoms. The Kier molecular flexibility index (Phi) is 5.41. The molecule has 1 unspecified atom stereocenters. The van der Waals surface area contributed by atoms with Crippen molar-refractivity contribution in [3.63, 3.8) is 0 Å². The lowest BCUT2D eigenvalue weighted by molar-refractivity contribution is 0.299. The molecule has 0 bridgehead atoms. The molecule has 1 aliphatic carbocycles. The highest BCUT2D eigenvalue weighted by molar-refractivity contribution is 8.00. The maximum Gasteiger partial charge on any atom is 0.122 e. The molecule has 1 heterocycles. The van der Waals surface area contributed by atoms with Crippen LogP contribution in [0.25, 0.3) is 0 Å². The number of benzene rings is 2. The fourth-order valence-electron chi connectivity index (χ4n) is 4.29. The minimum atomic E-state index is 0.625. The van der Waals surface area contributed by atoms with Crippen molar-refractivity contribution >= 4 is 17.6 Å². The predicted molar refractivity (Wildman–Crippen MR) is 111 cm³/mol. The van der Waals surface area contributed by atoms with E-state index in [0.29, 0.717) is 5.92 Å². The maximum atomic E-state index is 5.59. The third-order valence-corrected chi connectivity index (χ3v) is 6.52. The first-order chi connectivity index (χ1) is 12.7. The quantitative estimate of drug-likeness (QED) is 0.736. The highest BCUT2D eigenvalue weighted by Crippen LogP contribution is 2.37. The van der Waals surface area contributed by atoms with Crippen molar-refractivity contribution in [2.24, 2.45) is 0 Å². The van der Waals surface area contributed by atoms with Crippen molar-refractivity contribution in [3.05, 3.63) is 58.7 Å². The zero-order valence-electron chi connectivity index (χ0n) is 15.8. The molecule has 0 radical (unpaired) electrons. The van der Waals surface area contributed by atoms with Gasteiger partial charge in [-0.15, -0.1) is 0 Å². The Labute approximate surface area is 161 Å². The van der Waals surface area contributed by atoms with Crippen LogP contribution in [0.15, 0.2) is 36.4 Å². The van der Waals surface area contributed by atoms with E-state index in [4.69, 9.17) is 4.74 Å². The SMILES string of the molecule is COc1cccc2c1CCCC2CN(C)CCc1ccc2c(c1)CSN2. The first kappa shape index (κ1) is 17.7. The van der Waals surface area contributed by atoms with Crippen LogP contribution < -0.4 is 9.46 Å². The summed E-state index contributed by atoms with van der Waals surface area (Å²) in [6.07, 6.45) is 4.82. The molecule has 0 fully saturated rings. The molecule has 138 valence electrons. The van der Waals surface area contributed by atoms with E-state index in [1.807, 2.05) is 0 Å². The minimum absolute atomic E-state index is 0.625. The van der Waals surface area contributed by atoms with Crippen LogP contribution in [0.4, 0.5) is 5.69 Å². The number of hydrogen-bond acceptors (Lipinski definition) is 4. The van der Waals surface area contributed by atoms with Gasteiger partial charge in [0.05, 0.1) is 7.11 Å². The lowest BCUT2D eigenvalue weighted by atomic mass is 9.82. The summed E-state index contributed by atoms with van der Waals surface area (Å²) in [6.45, 7) is 2.23. The first-order valence-corrected chi connectivity index (χ1v) is 10.6. The molecule has 0 amide bonds. The fraction of sp³-hybridized carbons (Fsp3) is 0.455. The average Bonchev–Trinajstić information content (AvgIpc) is 3.14. The van der Waals surface area contributed by atoms with E-state index in [1.165, 1.54) is 40.8 Å². The molecule has 0 aromatic heterocycles. The van der Waals surface area contributed by atoms with Gasteiger partial charge in [-0.3, -0.25) is 0 Å². The number of hydrogen-bond donors (Lipinski definition) is 1. The number of anilines is 1. The van der Waals surface area contributed by atoms with Crippen LogP contribution >= 0.6 is 11.9 Å². The first-order valence-electron chi connectivity index (χ1n) is 9.58. The van der Waals surface area contributed by atoms with E-state index in [2.05, 4.69) is 53.1 Å². The summed E-state index contributed by atoms with van der Waals surface area (Å²) in [5.74, 6) is 2.78. The summed E-state index contributed by atoms with van der Waals surface area (Å²) in [5.41, 5.74) is 7.13. The molecule has 1 atom stereocenters. The predicted octanol–water partition coefficient (Wildman–Crippen LogP) is 4.86. The van der Waals surface area contributed by atoms with Crippen molar-refractivity contribution in [2.45, 2.75) is 37.4 Å². The van der Waals surface area contributed by atoms with Crippen molar-refractivity contribution in [3.8, 4) is 5.75 Å². The molecule has 2 aliphatic rings. The number of ether oxygens (including phenoxy) is 1. The van der Waals surface area contributed by atoms with Gasteiger partial charge < -0.3 is 14.4 Å². The Bertz CT molecular complexity index is 777. The monoisotopic (exact) mass is 368 g/mol. The second-order valence-corrected chi connectivity index (χ2v) is 8.29. The number of likely N-dealkylation sites (N-methyl/N-ethyl adjacent to an activating group) is 1. The Morgan fingerprint density at radius 1 is 1.27 bits per heavy atom.